The van der Waals surface area contributed by atoms with Gasteiger partial charge in [0, 0.05) is 5.41 Å². The Morgan fingerprint density at radius 3 is 2.05 bits per heavy atom. The lowest BCUT2D eigenvalue weighted by molar-refractivity contribution is 0.604. The Bertz CT molecular complexity index is 815. The van der Waals surface area contributed by atoms with Gasteiger partial charge >= 0.3 is 0 Å². The molecule has 0 saturated carbocycles. The van der Waals surface area contributed by atoms with Crippen molar-refractivity contribution >= 4 is 15.9 Å². The molecule has 0 aliphatic rings. The van der Waals surface area contributed by atoms with E-state index in [-0.39, 0.29) is 5.75 Å². The summed E-state index contributed by atoms with van der Waals surface area (Å²) in [7, 11) is -3.28. The van der Waals surface area contributed by atoms with E-state index in [4.69, 9.17) is 0 Å². The van der Waals surface area contributed by atoms with Crippen LogP contribution < -0.4 is 0 Å². The van der Waals surface area contributed by atoms with Crippen molar-refractivity contribution in [3.8, 4) is 0 Å². The van der Waals surface area contributed by atoms with Crippen molar-refractivity contribution in [3.63, 3.8) is 0 Å². The molecule has 0 atom stereocenters. The minimum Gasteiger partial charge on any atom is -0.224 e. The maximum Gasteiger partial charge on any atom is 0.175 e. The van der Waals surface area contributed by atoms with Crippen LogP contribution in [0.3, 0.4) is 0 Å². The van der Waals surface area contributed by atoms with Gasteiger partial charge in [-0.3, -0.25) is 0 Å². The van der Waals surface area contributed by atoms with Gasteiger partial charge in [-0.05, 0) is 56.0 Å². The van der Waals surface area contributed by atoms with Crippen LogP contribution in [-0.2, 0) is 15.6 Å². The van der Waals surface area contributed by atoms with Gasteiger partial charge in [0.2, 0.25) is 0 Å². The first kappa shape index (κ1) is 16.5. The van der Waals surface area contributed by atoms with Crippen LogP contribution in [0.1, 0.15) is 33.4 Å². The average molecular weight is 314 g/mol. The summed E-state index contributed by atoms with van der Waals surface area (Å²) in [4.78, 5) is 0. The Morgan fingerprint density at radius 2 is 1.45 bits per heavy atom. The third kappa shape index (κ3) is 4.31. The molecule has 0 aliphatic carbocycles. The molecular weight excluding hydrogens is 292 g/mol. The molecule has 116 valence electrons. The van der Waals surface area contributed by atoms with Gasteiger partial charge in [0.15, 0.2) is 9.84 Å². The molecule has 22 heavy (non-hydrogen) atoms. The second-order valence-electron chi connectivity index (χ2n) is 5.90. The summed E-state index contributed by atoms with van der Waals surface area (Å²) in [5, 5.41) is 1.32. The van der Waals surface area contributed by atoms with Crippen molar-refractivity contribution in [1.29, 1.82) is 0 Å². The minimum atomic E-state index is -3.28. The molecule has 0 amide bonds. The predicted molar refractivity (Wildman–Crippen MR) is 93.5 cm³/mol. The molecule has 0 saturated heterocycles. The molecule has 0 spiro atoms. The van der Waals surface area contributed by atoms with Gasteiger partial charge in [0.25, 0.3) is 0 Å². The Balaban J connectivity index is 2.22. The van der Waals surface area contributed by atoms with Crippen molar-refractivity contribution in [2.24, 2.45) is 0 Å². The zero-order valence-electron chi connectivity index (χ0n) is 13.6. The summed E-state index contributed by atoms with van der Waals surface area (Å²) in [6.07, 6.45) is 1.69. The van der Waals surface area contributed by atoms with E-state index >= 15 is 0 Å². The fourth-order valence-corrected chi connectivity index (χ4v) is 3.67. The Kier molecular flexibility index (Phi) is 4.87. The second-order valence-corrected chi connectivity index (χ2v) is 7.79. The largest absolute Gasteiger partial charge is 0.224 e. The predicted octanol–water partition coefficient (Wildman–Crippen LogP) is 4.51. The highest BCUT2D eigenvalue weighted by atomic mass is 32.2. The van der Waals surface area contributed by atoms with Crippen molar-refractivity contribution < 1.29 is 8.42 Å². The minimum absolute atomic E-state index is 0.0422. The Hall–Kier alpha value is -1.87. The smallest absolute Gasteiger partial charge is 0.175 e. The van der Waals surface area contributed by atoms with Gasteiger partial charge in [0.1, 0.15) is 0 Å². The first-order valence-electron chi connectivity index (χ1n) is 7.31. The SMILES string of the molecule is Cc1ccc(C=CS(=O)(=O)Cc2ccc(C)cc2C)c(C)c1. The van der Waals surface area contributed by atoms with Crippen LogP contribution in [0.15, 0.2) is 41.8 Å². The molecule has 0 aromatic heterocycles. The monoisotopic (exact) mass is 314 g/mol. The number of rotatable bonds is 4. The summed E-state index contributed by atoms with van der Waals surface area (Å²) in [5.41, 5.74) is 6.21. The highest BCUT2D eigenvalue weighted by Gasteiger charge is 2.10. The fraction of sp³-hybridized carbons (Fsp3) is 0.263. The third-order valence-corrected chi connectivity index (χ3v) is 5.00. The number of sulfone groups is 1. The zero-order valence-corrected chi connectivity index (χ0v) is 14.4. The lowest BCUT2D eigenvalue weighted by Gasteiger charge is -2.06. The van der Waals surface area contributed by atoms with E-state index in [1.807, 2.05) is 58.0 Å². The summed E-state index contributed by atoms with van der Waals surface area (Å²) in [6.45, 7) is 7.97. The third-order valence-electron chi connectivity index (χ3n) is 3.74. The first-order chi connectivity index (χ1) is 10.3. The van der Waals surface area contributed by atoms with E-state index in [1.165, 1.54) is 11.0 Å². The van der Waals surface area contributed by atoms with E-state index in [0.29, 0.717) is 0 Å². The zero-order chi connectivity index (χ0) is 16.3. The van der Waals surface area contributed by atoms with E-state index in [9.17, 15) is 8.42 Å². The van der Waals surface area contributed by atoms with Crippen molar-refractivity contribution in [2.45, 2.75) is 33.4 Å². The highest BCUT2D eigenvalue weighted by Crippen LogP contribution is 2.17. The molecule has 0 radical (unpaired) electrons. The highest BCUT2D eigenvalue weighted by molar-refractivity contribution is 7.93. The molecule has 0 unspecified atom stereocenters. The van der Waals surface area contributed by atoms with Gasteiger partial charge in [-0.15, -0.1) is 0 Å². The summed E-state index contributed by atoms with van der Waals surface area (Å²) < 4.78 is 24.6. The van der Waals surface area contributed by atoms with Gasteiger partial charge in [-0.1, -0.05) is 47.5 Å². The van der Waals surface area contributed by atoms with Gasteiger partial charge in [-0.25, -0.2) is 8.42 Å². The van der Waals surface area contributed by atoms with Crippen LogP contribution in [0, 0.1) is 27.7 Å². The van der Waals surface area contributed by atoms with E-state index in [0.717, 1.165) is 27.8 Å². The molecule has 2 aromatic carbocycles. The summed E-state index contributed by atoms with van der Waals surface area (Å²) in [5.74, 6) is 0.0422. The number of hydrogen-bond donors (Lipinski definition) is 0. The topological polar surface area (TPSA) is 34.1 Å². The van der Waals surface area contributed by atoms with Crippen LogP contribution in [0.25, 0.3) is 6.08 Å². The van der Waals surface area contributed by atoms with Crippen LogP contribution in [0.4, 0.5) is 0 Å². The molecule has 0 fully saturated rings. The quantitative estimate of drug-likeness (QED) is 0.832. The molecule has 3 heteroatoms. The normalized spacial score (nSPS) is 12.0. The van der Waals surface area contributed by atoms with E-state index in [1.54, 1.807) is 6.08 Å². The molecule has 0 bridgehead atoms. The lowest BCUT2D eigenvalue weighted by atomic mass is 10.1. The van der Waals surface area contributed by atoms with Crippen molar-refractivity contribution in [2.75, 3.05) is 0 Å². The standard InChI is InChI=1S/C19H22O2S/c1-14-5-7-18(16(3)11-14)9-10-22(20,21)13-19-8-6-15(2)12-17(19)4/h5-12H,13H2,1-4H3. The lowest BCUT2D eigenvalue weighted by Crippen LogP contribution is -2.02. The fourth-order valence-electron chi connectivity index (χ4n) is 2.46. The van der Waals surface area contributed by atoms with Crippen LogP contribution in [-0.4, -0.2) is 8.42 Å². The van der Waals surface area contributed by atoms with Gasteiger partial charge in [0.05, 0.1) is 5.75 Å². The maximum atomic E-state index is 12.3. The second kappa shape index (κ2) is 6.49. The number of hydrogen-bond acceptors (Lipinski definition) is 2. The Morgan fingerprint density at radius 1 is 0.864 bits per heavy atom. The van der Waals surface area contributed by atoms with E-state index < -0.39 is 9.84 Å². The molecular formula is C19H22O2S. The van der Waals surface area contributed by atoms with Gasteiger partial charge < -0.3 is 0 Å². The first-order valence-corrected chi connectivity index (χ1v) is 9.02. The summed E-state index contributed by atoms with van der Waals surface area (Å²) in [6, 6.07) is 11.9. The van der Waals surface area contributed by atoms with E-state index in [2.05, 4.69) is 6.07 Å². The molecule has 0 N–H and O–H groups in total. The molecule has 2 aromatic rings. The summed E-state index contributed by atoms with van der Waals surface area (Å²) >= 11 is 0. The Labute approximate surface area is 133 Å². The average Bonchev–Trinajstić information content (AvgIpc) is 2.41. The van der Waals surface area contributed by atoms with Crippen LogP contribution in [0.2, 0.25) is 0 Å². The number of benzene rings is 2. The molecule has 0 aliphatic heterocycles. The number of aryl methyl sites for hydroxylation is 4. The van der Waals surface area contributed by atoms with Crippen molar-refractivity contribution in [3.05, 3.63) is 75.2 Å². The molecule has 2 nitrogen and oxygen atoms in total. The van der Waals surface area contributed by atoms with Crippen molar-refractivity contribution in [1.82, 2.24) is 0 Å². The van der Waals surface area contributed by atoms with Gasteiger partial charge in [-0.2, -0.15) is 0 Å². The maximum absolute atomic E-state index is 12.3. The van der Waals surface area contributed by atoms with Crippen LogP contribution in [0.5, 0.6) is 0 Å². The van der Waals surface area contributed by atoms with Crippen LogP contribution >= 0.6 is 0 Å². The molecule has 0 heterocycles. The molecule has 2 rings (SSSR count).